The molecule has 2 rings (SSSR count). The molecule has 156 valence electrons. The molecule has 1 unspecified atom stereocenters. The van der Waals surface area contributed by atoms with Gasteiger partial charge in [-0.3, -0.25) is 4.79 Å². The first-order valence-electron chi connectivity index (χ1n) is 9.25. The molecule has 0 saturated heterocycles. The van der Waals surface area contributed by atoms with E-state index in [0.717, 1.165) is 11.4 Å². The van der Waals surface area contributed by atoms with Crippen LogP contribution in [0.4, 0.5) is 0 Å². The third-order valence-corrected chi connectivity index (χ3v) is 4.07. The van der Waals surface area contributed by atoms with E-state index in [1.165, 1.54) is 13.3 Å². The van der Waals surface area contributed by atoms with Crippen LogP contribution in [0.1, 0.15) is 42.0 Å². The molecule has 0 aromatic carbocycles. The molecule has 1 amide bonds. The first kappa shape index (κ1) is 22.1. The highest BCUT2D eigenvalue weighted by atomic mass is 16.5. The number of hydrogen-bond donors (Lipinski definition) is 1. The lowest BCUT2D eigenvalue weighted by atomic mass is 10.0. The van der Waals surface area contributed by atoms with Crippen molar-refractivity contribution in [2.24, 2.45) is 5.92 Å². The number of amides is 1. The van der Waals surface area contributed by atoms with Crippen LogP contribution in [0.3, 0.4) is 0 Å². The van der Waals surface area contributed by atoms with Crippen molar-refractivity contribution in [1.82, 2.24) is 20.1 Å². The zero-order valence-corrected chi connectivity index (χ0v) is 17.3. The number of aryl methyl sites for hydroxylation is 2. The summed E-state index contributed by atoms with van der Waals surface area (Å²) >= 11 is 0. The Morgan fingerprint density at radius 1 is 1.21 bits per heavy atom. The van der Waals surface area contributed by atoms with Gasteiger partial charge in [0.1, 0.15) is 6.04 Å². The van der Waals surface area contributed by atoms with Crippen molar-refractivity contribution in [2.45, 2.75) is 40.2 Å². The molecule has 0 fully saturated rings. The van der Waals surface area contributed by atoms with Crippen LogP contribution in [-0.4, -0.2) is 52.4 Å². The van der Waals surface area contributed by atoms with Crippen LogP contribution in [0, 0.1) is 19.8 Å². The molecule has 2 aromatic heterocycles. The predicted octanol–water partition coefficient (Wildman–Crippen LogP) is 1.74. The second kappa shape index (κ2) is 9.81. The zero-order chi connectivity index (χ0) is 21.6. The van der Waals surface area contributed by atoms with Crippen LogP contribution in [0.2, 0.25) is 0 Å². The van der Waals surface area contributed by atoms with Gasteiger partial charge in [0.15, 0.2) is 12.4 Å². The Morgan fingerprint density at radius 3 is 2.45 bits per heavy atom. The van der Waals surface area contributed by atoms with Crippen LogP contribution in [0.25, 0.3) is 5.82 Å². The van der Waals surface area contributed by atoms with Crippen LogP contribution in [-0.2, 0) is 19.1 Å². The molecule has 2 aromatic rings. The quantitative estimate of drug-likeness (QED) is 0.669. The minimum absolute atomic E-state index is 0.175. The number of aromatic nitrogens is 3. The van der Waals surface area contributed by atoms with Crippen LogP contribution in [0.5, 0.6) is 0 Å². The molecule has 0 aliphatic rings. The van der Waals surface area contributed by atoms with E-state index in [1.807, 2.05) is 33.8 Å². The minimum atomic E-state index is -0.784. The van der Waals surface area contributed by atoms with E-state index in [-0.39, 0.29) is 11.5 Å². The highest BCUT2D eigenvalue weighted by molar-refractivity contribution is 5.91. The number of pyridine rings is 1. The van der Waals surface area contributed by atoms with Crippen molar-refractivity contribution in [3.63, 3.8) is 0 Å². The molecule has 0 bridgehead atoms. The molecule has 29 heavy (non-hydrogen) atoms. The molecule has 0 aliphatic heterocycles. The van der Waals surface area contributed by atoms with Gasteiger partial charge in [-0.25, -0.2) is 19.3 Å². The van der Waals surface area contributed by atoms with Crippen molar-refractivity contribution >= 4 is 17.8 Å². The third kappa shape index (κ3) is 6.13. The minimum Gasteiger partial charge on any atom is -0.467 e. The number of hydrogen-bond acceptors (Lipinski definition) is 7. The van der Waals surface area contributed by atoms with Crippen molar-refractivity contribution < 1.29 is 23.9 Å². The monoisotopic (exact) mass is 402 g/mol. The SMILES string of the molecule is COC(=O)C(CC(C)C)NC(=O)COC(=O)c1ccc(-n2nc(C)cc2C)nc1. The van der Waals surface area contributed by atoms with Gasteiger partial charge >= 0.3 is 11.9 Å². The number of methoxy groups -OCH3 is 1. The van der Waals surface area contributed by atoms with E-state index >= 15 is 0 Å². The molecule has 9 nitrogen and oxygen atoms in total. The average molecular weight is 402 g/mol. The summed E-state index contributed by atoms with van der Waals surface area (Å²) in [5.74, 6) is -1.07. The van der Waals surface area contributed by atoms with Gasteiger partial charge in [0.05, 0.1) is 18.4 Å². The van der Waals surface area contributed by atoms with Crippen molar-refractivity contribution in [3.05, 3.63) is 41.3 Å². The lowest BCUT2D eigenvalue weighted by molar-refractivity contribution is -0.145. The van der Waals surface area contributed by atoms with E-state index in [4.69, 9.17) is 4.74 Å². The number of rotatable bonds is 8. The summed E-state index contributed by atoms with van der Waals surface area (Å²) in [5.41, 5.74) is 1.99. The molecule has 0 radical (unpaired) electrons. The highest BCUT2D eigenvalue weighted by Crippen LogP contribution is 2.11. The summed E-state index contributed by atoms with van der Waals surface area (Å²) in [6.07, 6.45) is 1.78. The largest absolute Gasteiger partial charge is 0.467 e. The van der Waals surface area contributed by atoms with Gasteiger partial charge in [-0.1, -0.05) is 13.8 Å². The molecule has 0 saturated carbocycles. The fraction of sp³-hybridized carbons (Fsp3) is 0.450. The predicted molar refractivity (Wildman–Crippen MR) is 105 cm³/mol. The van der Waals surface area contributed by atoms with Crippen molar-refractivity contribution in [2.75, 3.05) is 13.7 Å². The fourth-order valence-corrected chi connectivity index (χ4v) is 2.77. The maximum Gasteiger partial charge on any atom is 0.340 e. The van der Waals surface area contributed by atoms with Crippen molar-refractivity contribution in [3.8, 4) is 5.82 Å². The summed E-state index contributed by atoms with van der Waals surface area (Å²) < 4.78 is 11.4. The van der Waals surface area contributed by atoms with Gasteiger partial charge in [-0.05, 0) is 44.4 Å². The smallest absolute Gasteiger partial charge is 0.340 e. The molecule has 0 aliphatic carbocycles. The summed E-state index contributed by atoms with van der Waals surface area (Å²) in [6, 6.07) is 4.33. The molecule has 2 heterocycles. The third-order valence-electron chi connectivity index (χ3n) is 4.07. The Morgan fingerprint density at radius 2 is 1.93 bits per heavy atom. The maximum absolute atomic E-state index is 12.2. The summed E-state index contributed by atoms with van der Waals surface area (Å²) in [4.78, 5) is 40.2. The summed E-state index contributed by atoms with van der Waals surface area (Å²) in [6.45, 7) is 7.12. The molecule has 1 N–H and O–H groups in total. The number of ether oxygens (including phenoxy) is 2. The van der Waals surface area contributed by atoms with Crippen molar-refractivity contribution in [1.29, 1.82) is 0 Å². The molecule has 9 heteroatoms. The van der Waals surface area contributed by atoms with Gasteiger partial charge < -0.3 is 14.8 Å². The number of nitrogens with one attached hydrogen (secondary N) is 1. The van der Waals surface area contributed by atoms with Gasteiger partial charge in [0.2, 0.25) is 0 Å². The van der Waals surface area contributed by atoms with Crippen LogP contribution < -0.4 is 5.32 Å². The van der Waals surface area contributed by atoms with Crippen LogP contribution >= 0.6 is 0 Å². The average Bonchev–Trinajstić information content (AvgIpc) is 3.02. The van der Waals surface area contributed by atoms with Gasteiger partial charge in [0, 0.05) is 11.9 Å². The highest BCUT2D eigenvalue weighted by Gasteiger charge is 2.23. The second-order valence-corrected chi connectivity index (χ2v) is 7.09. The van der Waals surface area contributed by atoms with E-state index < -0.39 is 30.5 Å². The Bertz CT molecular complexity index is 873. The van der Waals surface area contributed by atoms with E-state index in [2.05, 4.69) is 20.1 Å². The Labute approximate surface area is 169 Å². The van der Waals surface area contributed by atoms with Crippen LogP contribution in [0.15, 0.2) is 24.4 Å². The summed E-state index contributed by atoms with van der Waals surface area (Å²) in [7, 11) is 1.25. The zero-order valence-electron chi connectivity index (χ0n) is 17.3. The number of esters is 2. The van der Waals surface area contributed by atoms with E-state index in [9.17, 15) is 14.4 Å². The topological polar surface area (TPSA) is 112 Å². The van der Waals surface area contributed by atoms with Gasteiger partial charge in [0.25, 0.3) is 5.91 Å². The fourth-order valence-electron chi connectivity index (χ4n) is 2.77. The molecule has 0 spiro atoms. The molecular weight excluding hydrogens is 376 g/mol. The number of carbonyl (C=O) groups excluding carboxylic acids is 3. The lowest BCUT2D eigenvalue weighted by Gasteiger charge is -2.18. The second-order valence-electron chi connectivity index (χ2n) is 7.09. The Hall–Kier alpha value is -3.23. The summed E-state index contributed by atoms with van der Waals surface area (Å²) in [5, 5.41) is 6.86. The van der Waals surface area contributed by atoms with E-state index in [0.29, 0.717) is 12.2 Å². The normalized spacial score (nSPS) is 11.8. The number of carbonyl (C=O) groups is 3. The molecular formula is C20H26N4O5. The molecule has 1 atom stereocenters. The standard InChI is InChI=1S/C20H26N4O5/c1-12(2)8-16(20(27)28-5)22-18(25)11-29-19(26)15-6-7-17(21-10-15)24-14(4)9-13(3)23-24/h6-7,9-10,12,16H,8,11H2,1-5H3,(H,22,25). The van der Waals surface area contributed by atoms with E-state index in [1.54, 1.807) is 16.8 Å². The number of nitrogens with zero attached hydrogens (tertiary/aromatic N) is 3. The first-order valence-corrected chi connectivity index (χ1v) is 9.25. The van der Waals surface area contributed by atoms with Gasteiger partial charge in [-0.15, -0.1) is 0 Å². The maximum atomic E-state index is 12.2. The Balaban J connectivity index is 1.93. The lowest BCUT2D eigenvalue weighted by Crippen LogP contribution is -2.44. The van der Waals surface area contributed by atoms with Gasteiger partial charge in [-0.2, -0.15) is 5.10 Å². The first-order chi connectivity index (χ1) is 13.7. The Kier molecular flexibility index (Phi) is 7.46.